The quantitative estimate of drug-likeness (QED) is 0.910. The van der Waals surface area contributed by atoms with E-state index in [2.05, 4.69) is 4.99 Å². The molecule has 0 saturated heterocycles. The lowest BCUT2D eigenvalue weighted by molar-refractivity contribution is -0.138. The predicted molar refractivity (Wildman–Crippen MR) is 85.8 cm³/mol. The monoisotopic (exact) mass is 344 g/mol. The summed E-state index contributed by atoms with van der Waals surface area (Å²) in [4.78, 5) is 16.3. The van der Waals surface area contributed by atoms with Crippen LogP contribution in [0.4, 0.5) is 5.69 Å². The van der Waals surface area contributed by atoms with Gasteiger partial charge in [-0.25, -0.2) is 4.99 Å². The Bertz CT molecular complexity index is 765. The minimum atomic E-state index is -0.946. The first-order valence-electron chi connectivity index (χ1n) is 6.19. The Morgan fingerprint density at radius 1 is 1.38 bits per heavy atom. The molecule has 7 heteroatoms. The van der Waals surface area contributed by atoms with E-state index in [1.54, 1.807) is 19.1 Å². The standard InChI is InChI=1S/C14H14Cl2N2O2S/c1-7-6-21-14(18(7)3)17-10-5-4-9(8(2)13(19)20)11(15)12(10)16/h4-6,8H,1-3H3,(H,19,20). The van der Waals surface area contributed by atoms with Gasteiger partial charge in [-0.05, 0) is 25.5 Å². The molecule has 2 aromatic rings. The highest BCUT2D eigenvalue weighted by Crippen LogP contribution is 2.37. The van der Waals surface area contributed by atoms with Gasteiger partial charge in [0, 0.05) is 18.1 Å². The number of benzene rings is 1. The highest BCUT2D eigenvalue weighted by Gasteiger charge is 2.20. The largest absolute Gasteiger partial charge is 0.481 e. The van der Waals surface area contributed by atoms with Crippen LogP contribution in [0, 0.1) is 6.92 Å². The summed E-state index contributed by atoms with van der Waals surface area (Å²) in [6.45, 7) is 3.56. The fraction of sp³-hybridized carbons (Fsp3) is 0.286. The Kier molecular flexibility index (Phi) is 4.76. The highest BCUT2D eigenvalue weighted by molar-refractivity contribution is 7.07. The zero-order valence-electron chi connectivity index (χ0n) is 11.7. The molecule has 21 heavy (non-hydrogen) atoms. The molecule has 0 saturated carbocycles. The zero-order valence-corrected chi connectivity index (χ0v) is 14.1. The molecule has 1 atom stereocenters. The first-order chi connectivity index (χ1) is 9.82. The van der Waals surface area contributed by atoms with Crippen LogP contribution in [-0.2, 0) is 11.8 Å². The van der Waals surface area contributed by atoms with Gasteiger partial charge < -0.3 is 9.67 Å². The second kappa shape index (κ2) is 6.22. The van der Waals surface area contributed by atoms with Crippen LogP contribution in [0.2, 0.25) is 10.0 Å². The van der Waals surface area contributed by atoms with Gasteiger partial charge in [-0.15, -0.1) is 11.3 Å². The lowest BCUT2D eigenvalue weighted by atomic mass is 10.0. The molecule has 1 aromatic heterocycles. The van der Waals surface area contributed by atoms with Crippen LogP contribution >= 0.6 is 34.5 Å². The number of halogens is 2. The van der Waals surface area contributed by atoms with Gasteiger partial charge in [0.05, 0.1) is 21.7 Å². The van der Waals surface area contributed by atoms with Crippen LogP contribution in [0.25, 0.3) is 0 Å². The molecule has 0 radical (unpaired) electrons. The smallest absolute Gasteiger partial charge is 0.310 e. The molecule has 1 unspecified atom stereocenters. The summed E-state index contributed by atoms with van der Waals surface area (Å²) in [5.41, 5.74) is 2.11. The average molecular weight is 345 g/mol. The summed E-state index contributed by atoms with van der Waals surface area (Å²) >= 11 is 13.9. The van der Waals surface area contributed by atoms with Crippen LogP contribution in [0.15, 0.2) is 22.5 Å². The summed E-state index contributed by atoms with van der Waals surface area (Å²) in [7, 11) is 1.92. The van der Waals surface area contributed by atoms with Gasteiger partial charge in [-0.3, -0.25) is 4.79 Å². The van der Waals surface area contributed by atoms with Gasteiger partial charge in [-0.1, -0.05) is 29.3 Å². The molecule has 1 heterocycles. The molecular weight excluding hydrogens is 331 g/mol. The van der Waals surface area contributed by atoms with Crippen LogP contribution in [0.5, 0.6) is 0 Å². The fourth-order valence-corrected chi connectivity index (χ4v) is 3.18. The Morgan fingerprint density at radius 3 is 2.57 bits per heavy atom. The number of thiazole rings is 1. The zero-order chi connectivity index (χ0) is 15.7. The number of aromatic nitrogens is 1. The minimum Gasteiger partial charge on any atom is -0.481 e. The number of carboxylic acid groups (broad SMARTS) is 1. The number of aliphatic carboxylic acids is 1. The molecular formula is C14H14Cl2N2O2S. The Hall–Kier alpha value is -1.30. The van der Waals surface area contributed by atoms with E-state index in [-0.39, 0.29) is 10.0 Å². The van der Waals surface area contributed by atoms with Gasteiger partial charge >= 0.3 is 5.97 Å². The molecule has 0 aliphatic carbocycles. The molecule has 112 valence electrons. The Morgan fingerprint density at radius 2 is 2.05 bits per heavy atom. The van der Waals surface area contributed by atoms with Crippen molar-refractivity contribution in [3.63, 3.8) is 0 Å². The van der Waals surface area contributed by atoms with Gasteiger partial charge in [0.15, 0.2) is 4.80 Å². The second-order valence-electron chi connectivity index (χ2n) is 4.69. The van der Waals surface area contributed by atoms with Crippen molar-refractivity contribution in [2.24, 2.45) is 12.0 Å². The minimum absolute atomic E-state index is 0.240. The van der Waals surface area contributed by atoms with Gasteiger partial charge in [0.2, 0.25) is 0 Å². The van der Waals surface area contributed by atoms with Crippen molar-refractivity contribution in [3.8, 4) is 0 Å². The molecule has 2 rings (SSSR count). The SMILES string of the molecule is Cc1csc(=Nc2ccc(C(C)C(=O)O)c(Cl)c2Cl)n1C. The summed E-state index contributed by atoms with van der Waals surface area (Å²) in [5.74, 6) is -1.66. The van der Waals surface area contributed by atoms with Crippen LogP contribution < -0.4 is 4.80 Å². The normalized spacial score (nSPS) is 13.5. The number of rotatable bonds is 3. The predicted octanol–water partition coefficient (Wildman–Crippen LogP) is 4.12. The second-order valence-corrected chi connectivity index (χ2v) is 6.28. The van der Waals surface area contributed by atoms with Crippen molar-refractivity contribution >= 4 is 46.2 Å². The van der Waals surface area contributed by atoms with Crippen molar-refractivity contribution in [1.29, 1.82) is 0 Å². The van der Waals surface area contributed by atoms with Gasteiger partial charge in [-0.2, -0.15) is 0 Å². The highest BCUT2D eigenvalue weighted by atomic mass is 35.5. The summed E-state index contributed by atoms with van der Waals surface area (Å²) in [6, 6.07) is 3.35. The molecule has 4 nitrogen and oxygen atoms in total. The average Bonchev–Trinajstić information content (AvgIpc) is 2.75. The Labute approximate surface area is 136 Å². The van der Waals surface area contributed by atoms with E-state index in [4.69, 9.17) is 28.3 Å². The topological polar surface area (TPSA) is 54.6 Å². The first kappa shape index (κ1) is 16.1. The molecule has 0 spiro atoms. The van der Waals surface area contributed by atoms with Crippen molar-refractivity contribution in [3.05, 3.63) is 43.6 Å². The number of aryl methyl sites for hydroxylation is 1. The maximum Gasteiger partial charge on any atom is 0.310 e. The van der Waals surface area contributed by atoms with Crippen LogP contribution in [0.3, 0.4) is 0 Å². The molecule has 0 aliphatic rings. The third-order valence-electron chi connectivity index (χ3n) is 3.30. The fourth-order valence-electron chi connectivity index (χ4n) is 1.76. The van der Waals surface area contributed by atoms with Crippen molar-refractivity contribution in [1.82, 2.24) is 4.57 Å². The van der Waals surface area contributed by atoms with E-state index in [0.717, 1.165) is 10.5 Å². The van der Waals surface area contributed by atoms with E-state index in [1.165, 1.54) is 11.3 Å². The Balaban J connectivity index is 2.54. The number of carboxylic acids is 1. The molecule has 0 fully saturated rings. The van der Waals surface area contributed by atoms with Crippen molar-refractivity contribution in [2.45, 2.75) is 19.8 Å². The summed E-state index contributed by atoms with van der Waals surface area (Å²) in [6.07, 6.45) is 0. The van der Waals surface area contributed by atoms with E-state index < -0.39 is 11.9 Å². The first-order valence-corrected chi connectivity index (χ1v) is 7.83. The van der Waals surface area contributed by atoms with Gasteiger partial charge in [0.25, 0.3) is 0 Å². The van der Waals surface area contributed by atoms with Crippen molar-refractivity contribution in [2.75, 3.05) is 0 Å². The van der Waals surface area contributed by atoms with E-state index in [9.17, 15) is 4.79 Å². The lowest BCUT2D eigenvalue weighted by Gasteiger charge is -2.11. The third kappa shape index (κ3) is 3.15. The third-order valence-corrected chi connectivity index (χ3v) is 5.22. The van der Waals surface area contributed by atoms with Crippen molar-refractivity contribution < 1.29 is 9.90 Å². The molecule has 0 bridgehead atoms. The molecule has 1 N–H and O–H groups in total. The molecule has 0 aliphatic heterocycles. The molecule has 1 aromatic carbocycles. The maximum atomic E-state index is 11.1. The van der Waals surface area contributed by atoms with E-state index in [1.807, 2.05) is 23.9 Å². The summed E-state index contributed by atoms with van der Waals surface area (Å²) < 4.78 is 1.95. The number of nitrogens with zero attached hydrogens (tertiary/aromatic N) is 2. The van der Waals surface area contributed by atoms with E-state index >= 15 is 0 Å². The number of hydrogen-bond donors (Lipinski definition) is 1. The van der Waals surface area contributed by atoms with E-state index in [0.29, 0.717) is 11.3 Å². The maximum absolute atomic E-state index is 11.1. The van der Waals surface area contributed by atoms with Gasteiger partial charge in [0.1, 0.15) is 0 Å². The van der Waals surface area contributed by atoms with Crippen LogP contribution in [0.1, 0.15) is 24.1 Å². The number of hydrogen-bond acceptors (Lipinski definition) is 3. The lowest BCUT2D eigenvalue weighted by Crippen LogP contribution is -2.11. The molecule has 0 amide bonds. The number of carbonyl (C=O) groups is 1. The van der Waals surface area contributed by atoms with Crippen LogP contribution in [-0.4, -0.2) is 15.6 Å². The summed E-state index contributed by atoms with van der Waals surface area (Å²) in [5, 5.41) is 11.6.